The number of ether oxygens (including phenoxy) is 4. The van der Waals surface area contributed by atoms with Gasteiger partial charge in [-0.3, -0.25) is 14.5 Å². The van der Waals surface area contributed by atoms with Gasteiger partial charge in [-0.05, 0) is 56.7 Å². The molecule has 226 valence electrons. The molecule has 0 radical (unpaired) electrons. The van der Waals surface area contributed by atoms with Crippen LogP contribution in [-0.4, -0.2) is 49.2 Å². The number of benzene rings is 3. The third-order valence-corrected chi connectivity index (χ3v) is 6.07. The lowest BCUT2D eigenvalue weighted by Gasteiger charge is -2.23. The Morgan fingerprint density at radius 1 is 1.00 bits per heavy atom. The standard InChI is InChI=1S/C30H29N3O8.C2H6/c1-18(2)39-26(34)15-33-22-14-21(29-31-19(3)41-32-29)12-13-23(22)40-25-11-7-10-24(28(25)30(33)36)37-17-27(35)38-16-20-8-5-4-6-9-20;1-2/h4-14,18-19H,15-17H2,1-3H3,(H,31,32);1-2H3. The molecule has 0 aliphatic carbocycles. The van der Waals surface area contributed by atoms with Gasteiger partial charge in [0.25, 0.3) is 5.91 Å². The van der Waals surface area contributed by atoms with E-state index in [0.717, 1.165) is 5.56 Å². The maximum atomic E-state index is 14.1. The minimum Gasteiger partial charge on any atom is -0.481 e. The summed E-state index contributed by atoms with van der Waals surface area (Å²) in [6.45, 7) is 8.48. The summed E-state index contributed by atoms with van der Waals surface area (Å²) < 4.78 is 22.5. The number of hydrogen-bond donors (Lipinski definition) is 1. The van der Waals surface area contributed by atoms with E-state index in [0.29, 0.717) is 22.8 Å². The van der Waals surface area contributed by atoms with Crippen molar-refractivity contribution >= 4 is 29.4 Å². The van der Waals surface area contributed by atoms with E-state index in [1.54, 1.807) is 57.2 Å². The lowest BCUT2D eigenvalue weighted by atomic mass is 10.1. The summed E-state index contributed by atoms with van der Waals surface area (Å²) in [7, 11) is 0. The molecule has 0 saturated carbocycles. The Morgan fingerprint density at radius 2 is 1.77 bits per heavy atom. The van der Waals surface area contributed by atoms with Crippen molar-refractivity contribution < 1.29 is 38.2 Å². The fraction of sp³-hybridized carbons (Fsp3) is 0.312. The van der Waals surface area contributed by atoms with Crippen molar-refractivity contribution in [2.75, 3.05) is 18.1 Å². The van der Waals surface area contributed by atoms with E-state index in [-0.39, 0.29) is 36.0 Å². The van der Waals surface area contributed by atoms with Gasteiger partial charge in [-0.1, -0.05) is 50.2 Å². The molecule has 2 aliphatic rings. The maximum absolute atomic E-state index is 14.1. The maximum Gasteiger partial charge on any atom is 0.344 e. The van der Waals surface area contributed by atoms with Gasteiger partial charge in [0.1, 0.15) is 30.2 Å². The van der Waals surface area contributed by atoms with Gasteiger partial charge < -0.3 is 18.9 Å². The summed E-state index contributed by atoms with van der Waals surface area (Å²) in [5.41, 5.74) is 4.58. The second-order valence-electron chi connectivity index (χ2n) is 9.58. The second-order valence-corrected chi connectivity index (χ2v) is 9.58. The molecular weight excluding hydrogens is 554 g/mol. The number of nitrogens with zero attached hydrogens (tertiary/aromatic N) is 2. The predicted molar refractivity (Wildman–Crippen MR) is 159 cm³/mol. The Bertz CT molecular complexity index is 1490. The van der Waals surface area contributed by atoms with Crippen LogP contribution in [0.3, 0.4) is 0 Å². The van der Waals surface area contributed by atoms with Gasteiger partial charge >= 0.3 is 11.9 Å². The van der Waals surface area contributed by atoms with Crippen molar-refractivity contribution in [2.45, 2.75) is 53.6 Å². The van der Waals surface area contributed by atoms with Crippen molar-refractivity contribution in [1.29, 1.82) is 0 Å². The number of carbonyl (C=O) groups excluding carboxylic acids is 3. The first-order valence-electron chi connectivity index (χ1n) is 14.1. The molecule has 0 saturated heterocycles. The molecule has 1 N–H and O–H groups in total. The molecule has 0 aromatic heterocycles. The summed E-state index contributed by atoms with van der Waals surface area (Å²) in [6, 6.07) is 19.2. The highest BCUT2D eigenvalue weighted by Crippen LogP contribution is 2.42. The summed E-state index contributed by atoms with van der Waals surface area (Å²) in [4.78, 5) is 50.2. The van der Waals surface area contributed by atoms with Gasteiger partial charge in [-0.25, -0.2) is 20.1 Å². The number of amidine groups is 1. The Morgan fingerprint density at radius 3 is 2.47 bits per heavy atom. The van der Waals surface area contributed by atoms with Gasteiger partial charge in [0, 0.05) is 5.56 Å². The minimum atomic E-state index is -0.611. The van der Waals surface area contributed by atoms with Crippen LogP contribution in [0.25, 0.3) is 0 Å². The molecule has 11 heteroatoms. The molecule has 5 rings (SSSR count). The number of carbonyl (C=O) groups is 3. The molecule has 1 amide bonds. The highest BCUT2D eigenvalue weighted by molar-refractivity contribution is 6.14. The lowest BCUT2D eigenvalue weighted by Crippen LogP contribution is -2.37. The van der Waals surface area contributed by atoms with E-state index in [9.17, 15) is 14.4 Å². The summed E-state index contributed by atoms with van der Waals surface area (Å²) in [6.07, 6.45) is -0.766. The summed E-state index contributed by atoms with van der Waals surface area (Å²) in [5.74, 6) is -0.696. The van der Waals surface area contributed by atoms with Gasteiger partial charge in [0.05, 0.1) is 11.8 Å². The van der Waals surface area contributed by atoms with Crippen molar-refractivity contribution in [2.24, 2.45) is 4.99 Å². The topological polar surface area (TPSA) is 125 Å². The first kappa shape index (κ1) is 31.0. The van der Waals surface area contributed by atoms with Crippen LogP contribution in [0.2, 0.25) is 0 Å². The van der Waals surface area contributed by atoms with Crippen LogP contribution in [0.5, 0.6) is 17.2 Å². The molecule has 2 aliphatic heterocycles. The van der Waals surface area contributed by atoms with E-state index >= 15 is 0 Å². The normalized spacial score (nSPS) is 15.0. The largest absolute Gasteiger partial charge is 0.481 e. The molecule has 2 heterocycles. The van der Waals surface area contributed by atoms with Gasteiger partial charge in [0.2, 0.25) is 0 Å². The van der Waals surface area contributed by atoms with Crippen molar-refractivity contribution in [3.8, 4) is 17.2 Å². The predicted octanol–water partition coefficient (Wildman–Crippen LogP) is 5.17. The second kappa shape index (κ2) is 14.3. The van der Waals surface area contributed by atoms with E-state index < -0.39 is 31.0 Å². The summed E-state index contributed by atoms with van der Waals surface area (Å²) in [5, 5.41) is 0. The number of aliphatic imine (C=N–C) groups is 1. The Kier molecular flexibility index (Phi) is 10.3. The number of hydroxylamine groups is 1. The number of esters is 2. The first-order valence-corrected chi connectivity index (χ1v) is 14.1. The molecule has 0 fully saturated rings. The zero-order chi connectivity index (χ0) is 30.9. The van der Waals surface area contributed by atoms with Gasteiger partial charge in [-0.2, -0.15) is 0 Å². The Hall–Kier alpha value is -4.90. The number of rotatable bonds is 9. The molecule has 0 bridgehead atoms. The number of fused-ring (bicyclic) bond motifs is 2. The molecule has 3 aromatic carbocycles. The van der Waals surface area contributed by atoms with E-state index in [1.165, 1.54) is 4.90 Å². The zero-order valence-electron chi connectivity index (χ0n) is 24.8. The monoisotopic (exact) mass is 589 g/mol. The van der Waals surface area contributed by atoms with Gasteiger partial charge in [0.15, 0.2) is 24.4 Å². The van der Waals surface area contributed by atoms with Crippen LogP contribution < -0.4 is 19.9 Å². The average molecular weight is 590 g/mol. The number of hydrogen-bond acceptors (Lipinski definition) is 10. The fourth-order valence-electron chi connectivity index (χ4n) is 4.26. The SMILES string of the molecule is CC.CC(C)OC(=O)CN1C(=O)c2c(OCC(=O)OCc3ccccc3)cccc2Oc2ccc(C3=NC(C)ON3)cc21. The molecular formula is C32H35N3O8. The van der Waals surface area contributed by atoms with Crippen LogP contribution >= 0.6 is 0 Å². The molecule has 11 nitrogen and oxygen atoms in total. The van der Waals surface area contributed by atoms with Crippen molar-refractivity contribution in [3.63, 3.8) is 0 Å². The molecule has 1 unspecified atom stereocenters. The smallest absolute Gasteiger partial charge is 0.344 e. The van der Waals surface area contributed by atoms with Gasteiger partial charge in [-0.15, -0.1) is 0 Å². The highest BCUT2D eigenvalue weighted by Gasteiger charge is 2.34. The van der Waals surface area contributed by atoms with E-state index in [4.69, 9.17) is 23.8 Å². The van der Waals surface area contributed by atoms with Crippen LogP contribution in [-0.2, 0) is 30.5 Å². The van der Waals surface area contributed by atoms with E-state index in [2.05, 4.69) is 10.5 Å². The van der Waals surface area contributed by atoms with Crippen LogP contribution in [0.1, 0.15) is 56.1 Å². The van der Waals surface area contributed by atoms with Crippen LogP contribution in [0.4, 0.5) is 5.69 Å². The zero-order valence-corrected chi connectivity index (χ0v) is 24.8. The Balaban J connectivity index is 0.00000207. The third kappa shape index (κ3) is 7.69. The number of nitrogens with one attached hydrogen (secondary N) is 1. The third-order valence-electron chi connectivity index (χ3n) is 6.07. The van der Waals surface area contributed by atoms with Crippen LogP contribution in [0, 0.1) is 0 Å². The molecule has 43 heavy (non-hydrogen) atoms. The average Bonchev–Trinajstić information content (AvgIpc) is 3.40. The minimum absolute atomic E-state index is 0.0479. The number of amides is 1. The van der Waals surface area contributed by atoms with Crippen molar-refractivity contribution in [3.05, 3.63) is 83.4 Å². The first-order chi connectivity index (χ1) is 20.8. The lowest BCUT2D eigenvalue weighted by molar-refractivity contribution is -0.147. The summed E-state index contributed by atoms with van der Waals surface area (Å²) >= 11 is 0. The fourth-order valence-corrected chi connectivity index (χ4v) is 4.26. The Labute approximate surface area is 250 Å². The van der Waals surface area contributed by atoms with Crippen LogP contribution in [0.15, 0.2) is 71.7 Å². The van der Waals surface area contributed by atoms with E-state index in [1.807, 2.05) is 44.2 Å². The highest BCUT2D eigenvalue weighted by atomic mass is 16.7. The molecule has 0 spiro atoms. The quantitative estimate of drug-likeness (QED) is 0.337. The van der Waals surface area contributed by atoms with Crippen molar-refractivity contribution in [1.82, 2.24) is 5.48 Å². The molecule has 3 aromatic rings. The molecule has 1 atom stereocenters. The number of anilines is 1.